The number of hydrogen-bond donors (Lipinski definition) is 0. The van der Waals surface area contributed by atoms with Crippen LogP contribution < -0.4 is 0 Å². The lowest BCUT2D eigenvalue weighted by Gasteiger charge is -2.31. The van der Waals surface area contributed by atoms with Crippen molar-refractivity contribution < 1.29 is 14.3 Å². The fourth-order valence-corrected chi connectivity index (χ4v) is 1.90. The molecule has 0 N–H and O–H groups in total. The minimum atomic E-state index is -0.702. The minimum Gasteiger partial charge on any atom is -0.465 e. The van der Waals surface area contributed by atoms with Crippen molar-refractivity contribution in [2.24, 2.45) is 5.41 Å². The van der Waals surface area contributed by atoms with E-state index in [0.717, 1.165) is 5.56 Å². The lowest BCUT2D eigenvalue weighted by molar-refractivity contribution is -0.162. The zero-order valence-electron chi connectivity index (χ0n) is 10.9. The Balaban J connectivity index is 2.97. The van der Waals surface area contributed by atoms with E-state index in [4.69, 9.17) is 9.47 Å². The summed E-state index contributed by atoms with van der Waals surface area (Å²) < 4.78 is 10.6. The van der Waals surface area contributed by atoms with Crippen molar-refractivity contribution in [3.8, 4) is 0 Å². The summed E-state index contributed by atoms with van der Waals surface area (Å²) in [5.74, 6) is -0.240. The summed E-state index contributed by atoms with van der Waals surface area (Å²) in [5.41, 5.74) is 0.277. The molecule has 3 nitrogen and oxygen atoms in total. The molecule has 17 heavy (non-hydrogen) atoms. The molecule has 0 aliphatic heterocycles. The summed E-state index contributed by atoms with van der Waals surface area (Å²) in [6.07, 6.45) is -0.303. The quantitative estimate of drug-likeness (QED) is 0.737. The van der Waals surface area contributed by atoms with Crippen LogP contribution in [-0.2, 0) is 14.3 Å². The second-order valence-corrected chi connectivity index (χ2v) is 4.47. The summed E-state index contributed by atoms with van der Waals surface area (Å²) in [5, 5.41) is 0. The van der Waals surface area contributed by atoms with Gasteiger partial charge in [0.15, 0.2) is 0 Å². The second-order valence-electron chi connectivity index (χ2n) is 4.47. The van der Waals surface area contributed by atoms with Gasteiger partial charge in [0.2, 0.25) is 0 Å². The molecule has 0 heterocycles. The van der Waals surface area contributed by atoms with Crippen molar-refractivity contribution >= 4 is 5.97 Å². The predicted molar refractivity (Wildman–Crippen MR) is 66.6 cm³/mol. The van der Waals surface area contributed by atoms with Gasteiger partial charge in [-0.2, -0.15) is 0 Å². The third-order valence-electron chi connectivity index (χ3n) is 2.80. The van der Waals surface area contributed by atoms with Gasteiger partial charge in [-0.1, -0.05) is 30.3 Å². The van der Waals surface area contributed by atoms with Crippen molar-refractivity contribution in [1.82, 2.24) is 0 Å². The topological polar surface area (TPSA) is 35.5 Å². The van der Waals surface area contributed by atoms with Crippen LogP contribution in [0, 0.1) is 5.41 Å². The normalized spacial score (nSPS) is 13.2. The van der Waals surface area contributed by atoms with Crippen LogP contribution in [0.2, 0.25) is 0 Å². The highest BCUT2D eigenvalue weighted by atomic mass is 16.5. The molecule has 1 rings (SSSR count). The highest BCUT2D eigenvalue weighted by Gasteiger charge is 2.39. The minimum absolute atomic E-state index is 0.240. The molecule has 1 atom stereocenters. The molecule has 0 aromatic heterocycles. The van der Waals surface area contributed by atoms with Gasteiger partial charge in [-0.05, 0) is 26.3 Å². The van der Waals surface area contributed by atoms with Crippen LogP contribution >= 0.6 is 0 Å². The summed E-state index contributed by atoms with van der Waals surface area (Å²) >= 11 is 0. The van der Waals surface area contributed by atoms with E-state index in [-0.39, 0.29) is 12.1 Å². The van der Waals surface area contributed by atoms with Gasteiger partial charge in [-0.15, -0.1) is 0 Å². The molecule has 0 aliphatic rings. The van der Waals surface area contributed by atoms with Crippen LogP contribution in [0.4, 0.5) is 0 Å². The molecule has 0 bridgehead atoms. The number of benzene rings is 1. The Bertz CT molecular complexity index is 357. The van der Waals surface area contributed by atoms with Crippen LogP contribution in [0.3, 0.4) is 0 Å². The van der Waals surface area contributed by atoms with E-state index in [0.29, 0.717) is 6.61 Å². The first kappa shape index (κ1) is 13.7. The molecule has 0 fully saturated rings. The summed E-state index contributed by atoms with van der Waals surface area (Å²) in [6.45, 7) is 5.87. The molecule has 0 radical (unpaired) electrons. The molecule has 94 valence electrons. The molecule has 0 saturated carbocycles. The molecular weight excluding hydrogens is 216 g/mol. The van der Waals surface area contributed by atoms with E-state index in [1.165, 1.54) is 0 Å². The first-order chi connectivity index (χ1) is 8.04. The van der Waals surface area contributed by atoms with Crippen LogP contribution in [0.15, 0.2) is 30.3 Å². The van der Waals surface area contributed by atoms with Crippen molar-refractivity contribution in [2.45, 2.75) is 26.9 Å². The maximum absolute atomic E-state index is 11.9. The molecular formula is C14H20O3. The fraction of sp³-hybridized carbons (Fsp3) is 0.500. The standard InChI is InChI=1S/C14H20O3/c1-5-17-13(15)14(2,3)12(16-4)11-9-7-6-8-10-11/h6-10,12H,5H2,1-4H3. The summed E-state index contributed by atoms with van der Waals surface area (Å²) in [7, 11) is 1.61. The largest absolute Gasteiger partial charge is 0.465 e. The van der Waals surface area contributed by atoms with Gasteiger partial charge in [0.1, 0.15) is 0 Å². The second kappa shape index (κ2) is 5.82. The molecule has 1 aromatic rings. The number of ether oxygens (including phenoxy) is 2. The van der Waals surface area contributed by atoms with Gasteiger partial charge in [-0.3, -0.25) is 4.79 Å². The van der Waals surface area contributed by atoms with Crippen LogP contribution in [0.1, 0.15) is 32.4 Å². The molecule has 0 aliphatic carbocycles. The maximum Gasteiger partial charge on any atom is 0.314 e. The van der Waals surface area contributed by atoms with Crippen molar-refractivity contribution in [3.05, 3.63) is 35.9 Å². The molecule has 1 aromatic carbocycles. The first-order valence-electron chi connectivity index (χ1n) is 5.79. The highest BCUT2D eigenvalue weighted by Crippen LogP contribution is 2.37. The molecule has 1 unspecified atom stereocenters. The average molecular weight is 236 g/mol. The number of hydrogen-bond acceptors (Lipinski definition) is 3. The van der Waals surface area contributed by atoms with Crippen molar-refractivity contribution in [2.75, 3.05) is 13.7 Å². The SMILES string of the molecule is CCOC(=O)C(C)(C)C(OC)c1ccccc1. The van der Waals surface area contributed by atoms with Crippen LogP contribution in [-0.4, -0.2) is 19.7 Å². The summed E-state index contributed by atoms with van der Waals surface area (Å²) in [4.78, 5) is 11.9. The van der Waals surface area contributed by atoms with E-state index in [1.807, 2.05) is 44.2 Å². The first-order valence-corrected chi connectivity index (χ1v) is 5.79. The van der Waals surface area contributed by atoms with E-state index in [2.05, 4.69) is 0 Å². The Kier molecular flexibility index (Phi) is 4.70. The Morgan fingerprint density at radius 1 is 1.29 bits per heavy atom. The molecule has 3 heteroatoms. The zero-order valence-corrected chi connectivity index (χ0v) is 10.9. The smallest absolute Gasteiger partial charge is 0.314 e. The Labute approximate surface area is 103 Å². The number of rotatable bonds is 5. The van der Waals surface area contributed by atoms with Crippen LogP contribution in [0.5, 0.6) is 0 Å². The van der Waals surface area contributed by atoms with Gasteiger partial charge < -0.3 is 9.47 Å². The van der Waals surface area contributed by atoms with Crippen LogP contribution in [0.25, 0.3) is 0 Å². The average Bonchev–Trinajstić information content (AvgIpc) is 2.31. The Morgan fingerprint density at radius 2 is 1.88 bits per heavy atom. The van der Waals surface area contributed by atoms with Gasteiger partial charge in [0, 0.05) is 7.11 Å². The Morgan fingerprint density at radius 3 is 2.35 bits per heavy atom. The highest BCUT2D eigenvalue weighted by molar-refractivity contribution is 5.77. The predicted octanol–water partition coefficient (Wildman–Crippen LogP) is 2.96. The number of carbonyl (C=O) groups excluding carboxylic acids is 1. The maximum atomic E-state index is 11.9. The fourth-order valence-electron chi connectivity index (χ4n) is 1.90. The van der Waals surface area contributed by atoms with Gasteiger partial charge in [0.25, 0.3) is 0 Å². The zero-order chi connectivity index (χ0) is 12.9. The number of carbonyl (C=O) groups is 1. The molecule has 0 spiro atoms. The monoisotopic (exact) mass is 236 g/mol. The Hall–Kier alpha value is -1.35. The molecule has 0 saturated heterocycles. The third kappa shape index (κ3) is 3.07. The van der Waals surface area contributed by atoms with E-state index >= 15 is 0 Å². The van der Waals surface area contributed by atoms with Crippen molar-refractivity contribution in [1.29, 1.82) is 0 Å². The van der Waals surface area contributed by atoms with E-state index < -0.39 is 5.41 Å². The van der Waals surface area contributed by atoms with Gasteiger partial charge >= 0.3 is 5.97 Å². The van der Waals surface area contributed by atoms with Gasteiger partial charge in [0.05, 0.1) is 18.1 Å². The van der Waals surface area contributed by atoms with E-state index in [9.17, 15) is 4.79 Å². The summed E-state index contributed by atoms with van der Waals surface area (Å²) in [6, 6.07) is 9.71. The number of methoxy groups -OCH3 is 1. The van der Waals surface area contributed by atoms with Crippen molar-refractivity contribution in [3.63, 3.8) is 0 Å². The number of esters is 1. The molecule has 0 amide bonds. The van der Waals surface area contributed by atoms with E-state index in [1.54, 1.807) is 14.0 Å². The van der Waals surface area contributed by atoms with Gasteiger partial charge in [-0.25, -0.2) is 0 Å². The lowest BCUT2D eigenvalue weighted by atomic mass is 9.82. The third-order valence-corrected chi connectivity index (χ3v) is 2.80. The lowest BCUT2D eigenvalue weighted by Crippen LogP contribution is -2.34.